The molecule has 0 atom stereocenters. The van der Waals surface area contributed by atoms with Gasteiger partial charge >= 0.3 is 6.18 Å². The molecular weight excluding hydrogens is 341 g/mol. The third-order valence-corrected chi connectivity index (χ3v) is 5.21. The molecular formula is C13H20ClF3N2O2S. The molecule has 0 radical (unpaired) electrons. The van der Waals surface area contributed by atoms with Gasteiger partial charge in [0.05, 0.1) is 10.5 Å². The average Bonchev–Trinajstić information content (AvgIpc) is 2.44. The van der Waals surface area contributed by atoms with Crippen molar-refractivity contribution in [3.05, 3.63) is 29.8 Å². The van der Waals surface area contributed by atoms with Crippen molar-refractivity contribution in [2.45, 2.75) is 43.3 Å². The Kier molecular flexibility index (Phi) is 7.34. The molecule has 0 saturated heterocycles. The van der Waals surface area contributed by atoms with Gasteiger partial charge < -0.3 is 5.73 Å². The van der Waals surface area contributed by atoms with Crippen LogP contribution in [0.3, 0.4) is 0 Å². The summed E-state index contributed by atoms with van der Waals surface area (Å²) in [6.45, 7) is 3.47. The van der Waals surface area contributed by atoms with Crippen molar-refractivity contribution in [1.82, 2.24) is 4.72 Å². The summed E-state index contributed by atoms with van der Waals surface area (Å²) in [5, 5.41) is 0. The van der Waals surface area contributed by atoms with Crippen LogP contribution in [0, 0.1) is 0 Å². The standard InChI is InChI=1S/C13H19F3N2O2S.ClH/c1-3-12(4-2,9-17)18-21(19,20)11-8-6-5-7-10(11)13(14,15)16;/h5-8,18H,3-4,9,17H2,1-2H3;1H. The first-order chi connectivity index (χ1) is 9.62. The molecule has 4 nitrogen and oxygen atoms in total. The number of nitrogens with two attached hydrogens (primary N) is 1. The lowest BCUT2D eigenvalue weighted by Gasteiger charge is -2.31. The smallest absolute Gasteiger partial charge is 0.329 e. The van der Waals surface area contributed by atoms with E-state index < -0.39 is 32.2 Å². The van der Waals surface area contributed by atoms with Crippen LogP contribution in [0.1, 0.15) is 32.3 Å². The van der Waals surface area contributed by atoms with Gasteiger partial charge in [-0.15, -0.1) is 12.4 Å². The number of alkyl halides is 3. The largest absolute Gasteiger partial charge is 0.417 e. The highest BCUT2D eigenvalue weighted by Crippen LogP contribution is 2.34. The molecule has 3 N–H and O–H groups in total. The summed E-state index contributed by atoms with van der Waals surface area (Å²) in [5.41, 5.74) is 3.46. The zero-order valence-corrected chi connectivity index (χ0v) is 13.9. The van der Waals surface area contributed by atoms with Crippen LogP contribution in [0.15, 0.2) is 29.2 Å². The van der Waals surface area contributed by atoms with Crippen LogP contribution in [0.25, 0.3) is 0 Å². The Labute approximate surface area is 134 Å². The van der Waals surface area contributed by atoms with Crippen LogP contribution in [-0.2, 0) is 16.2 Å². The highest BCUT2D eigenvalue weighted by Gasteiger charge is 2.39. The van der Waals surface area contributed by atoms with E-state index in [1.54, 1.807) is 13.8 Å². The topological polar surface area (TPSA) is 72.2 Å². The number of benzene rings is 1. The SMILES string of the molecule is CCC(CC)(CN)NS(=O)(=O)c1ccccc1C(F)(F)F.Cl. The molecule has 128 valence electrons. The van der Waals surface area contributed by atoms with Crippen LogP contribution in [0.5, 0.6) is 0 Å². The van der Waals surface area contributed by atoms with E-state index in [-0.39, 0.29) is 19.0 Å². The van der Waals surface area contributed by atoms with E-state index in [0.717, 1.165) is 18.2 Å². The second kappa shape index (κ2) is 7.63. The van der Waals surface area contributed by atoms with E-state index >= 15 is 0 Å². The molecule has 0 aliphatic heterocycles. The van der Waals surface area contributed by atoms with E-state index in [1.165, 1.54) is 6.07 Å². The first-order valence-corrected chi connectivity index (χ1v) is 8.00. The quantitative estimate of drug-likeness (QED) is 0.819. The predicted octanol–water partition coefficient (Wildman–Crippen LogP) is 2.92. The van der Waals surface area contributed by atoms with Gasteiger partial charge in [0.2, 0.25) is 10.0 Å². The minimum atomic E-state index is -4.74. The number of hydrogen-bond donors (Lipinski definition) is 2. The van der Waals surface area contributed by atoms with E-state index in [9.17, 15) is 21.6 Å². The maximum absolute atomic E-state index is 12.9. The van der Waals surface area contributed by atoms with Gasteiger partial charge in [0, 0.05) is 12.1 Å². The van der Waals surface area contributed by atoms with Crippen molar-refractivity contribution in [3.8, 4) is 0 Å². The highest BCUT2D eigenvalue weighted by atomic mass is 35.5. The molecule has 9 heteroatoms. The molecule has 0 aliphatic carbocycles. The number of halogens is 4. The molecule has 0 aliphatic rings. The second-order valence-electron chi connectivity index (χ2n) is 4.79. The Hall–Kier alpha value is -0.830. The Bertz CT molecular complexity index is 579. The first-order valence-electron chi connectivity index (χ1n) is 6.52. The van der Waals surface area contributed by atoms with Gasteiger partial charge in [-0.2, -0.15) is 13.2 Å². The molecule has 1 rings (SSSR count). The lowest BCUT2D eigenvalue weighted by molar-refractivity contribution is -0.139. The summed E-state index contributed by atoms with van der Waals surface area (Å²) in [6.07, 6.45) is -3.98. The summed E-state index contributed by atoms with van der Waals surface area (Å²) < 4.78 is 65.8. The van der Waals surface area contributed by atoms with E-state index in [2.05, 4.69) is 4.72 Å². The molecule has 0 bridgehead atoms. The zero-order chi connectivity index (χ0) is 16.3. The highest BCUT2D eigenvalue weighted by molar-refractivity contribution is 7.89. The summed E-state index contributed by atoms with van der Waals surface area (Å²) in [4.78, 5) is -0.780. The van der Waals surface area contributed by atoms with Crippen LogP contribution < -0.4 is 10.5 Å². The molecule has 1 aromatic carbocycles. The lowest BCUT2D eigenvalue weighted by atomic mass is 9.95. The molecule has 0 aromatic heterocycles. The summed E-state index contributed by atoms with van der Waals surface area (Å²) in [5.74, 6) is 0. The van der Waals surface area contributed by atoms with Crippen molar-refractivity contribution in [2.24, 2.45) is 5.73 Å². The summed E-state index contributed by atoms with van der Waals surface area (Å²) >= 11 is 0. The first kappa shape index (κ1) is 21.2. The fraction of sp³-hybridized carbons (Fsp3) is 0.538. The number of sulfonamides is 1. The Morgan fingerprint density at radius 2 is 1.64 bits per heavy atom. The third kappa shape index (κ3) is 4.58. The van der Waals surface area contributed by atoms with Crippen LogP contribution in [0.4, 0.5) is 13.2 Å². The molecule has 0 amide bonds. The fourth-order valence-corrected chi connectivity index (χ4v) is 3.78. The van der Waals surface area contributed by atoms with Crippen LogP contribution in [-0.4, -0.2) is 20.5 Å². The molecule has 0 spiro atoms. The maximum atomic E-state index is 12.9. The van der Waals surface area contributed by atoms with Gasteiger partial charge in [-0.3, -0.25) is 0 Å². The van der Waals surface area contributed by atoms with Gasteiger partial charge in [-0.25, -0.2) is 13.1 Å². The van der Waals surface area contributed by atoms with E-state index in [0.29, 0.717) is 12.8 Å². The number of nitrogens with one attached hydrogen (secondary N) is 1. The Morgan fingerprint density at radius 1 is 1.14 bits per heavy atom. The molecule has 0 heterocycles. The van der Waals surface area contributed by atoms with Crippen molar-refractivity contribution < 1.29 is 21.6 Å². The summed E-state index contributed by atoms with van der Waals surface area (Å²) in [6, 6.07) is 4.10. The van der Waals surface area contributed by atoms with Gasteiger partial charge in [0.25, 0.3) is 0 Å². The molecule has 0 fully saturated rings. The van der Waals surface area contributed by atoms with Crippen molar-refractivity contribution >= 4 is 22.4 Å². The number of rotatable bonds is 6. The van der Waals surface area contributed by atoms with Gasteiger partial charge in [-0.1, -0.05) is 26.0 Å². The van der Waals surface area contributed by atoms with Gasteiger partial charge in [-0.05, 0) is 25.0 Å². The minimum absolute atomic E-state index is 0. The second-order valence-corrected chi connectivity index (χ2v) is 6.44. The monoisotopic (exact) mass is 360 g/mol. The molecule has 1 aromatic rings. The fourth-order valence-electron chi connectivity index (χ4n) is 2.00. The van der Waals surface area contributed by atoms with Gasteiger partial charge in [0.15, 0.2) is 0 Å². The van der Waals surface area contributed by atoms with Crippen molar-refractivity contribution in [1.29, 1.82) is 0 Å². The van der Waals surface area contributed by atoms with Crippen molar-refractivity contribution in [3.63, 3.8) is 0 Å². The molecule has 0 saturated carbocycles. The Morgan fingerprint density at radius 3 is 2.05 bits per heavy atom. The minimum Gasteiger partial charge on any atom is -0.329 e. The van der Waals surface area contributed by atoms with Crippen molar-refractivity contribution in [2.75, 3.05) is 6.54 Å². The lowest BCUT2D eigenvalue weighted by Crippen LogP contribution is -2.52. The third-order valence-electron chi connectivity index (χ3n) is 3.58. The molecule has 22 heavy (non-hydrogen) atoms. The average molecular weight is 361 g/mol. The van der Waals surface area contributed by atoms with Gasteiger partial charge in [0.1, 0.15) is 0 Å². The zero-order valence-electron chi connectivity index (χ0n) is 12.3. The normalized spacial score (nSPS) is 12.8. The maximum Gasteiger partial charge on any atom is 0.417 e. The molecule has 0 unspecified atom stereocenters. The number of hydrogen-bond acceptors (Lipinski definition) is 3. The van der Waals surface area contributed by atoms with Crippen LogP contribution >= 0.6 is 12.4 Å². The van der Waals surface area contributed by atoms with E-state index in [4.69, 9.17) is 5.73 Å². The summed E-state index contributed by atoms with van der Waals surface area (Å²) in [7, 11) is -4.32. The van der Waals surface area contributed by atoms with E-state index in [1.807, 2.05) is 0 Å². The van der Waals surface area contributed by atoms with Crippen LogP contribution in [0.2, 0.25) is 0 Å². The predicted molar refractivity (Wildman–Crippen MR) is 81.4 cm³/mol. The Balaban J connectivity index is 0.00000441.